The number of aliphatic carboxylic acids is 1. The van der Waals surface area contributed by atoms with Crippen LogP contribution in [0.2, 0.25) is 0 Å². The fourth-order valence-corrected chi connectivity index (χ4v) is 1.06. The molecule has 0 aromatic heterocycles. The van der Waals surface area contributed by atoms with E-state index in [0.717, 1.165) is 0 Å². The lowest BCUT2D eigenvalue weighted by molar-refractivity contribution is -0.142. The second-order valence-electron chi connectivity index (χ2n) is 3.65. The summed E-state index contributed by atoms with van der Waals surface area (Å²) in [5, 5.41) is 11.0. The fourth-order valence-electron chi connectivity index (χ4n) is 1.06. The van der Waals surface area contributed by atoms with E-state index < -0.39 is 12.0 Å². The average Bonchev–Trinajstić information content (AvgIpc) is 2.04. The van der Waals surface area contributed by atoms with Crippen LogP contribution in [0.1, 0.15) is 20.8 Å². The van der Waals surface area contributed by atoms with Crippen molar-refractivity contribution >= 4 is 11.9 Å². The van der Waals surface area contributed by atoms with Crippen molar-refractivity contribution in [3.8, 4) is 0 Å². The SMILES string of the molecule is CC(NC(=O)C(CN)C(C)C)C(=O)O. The van der Waals surface area contributed by atoms with Crippen LogP contribution >= 0.6 is 0 Å². The Hall–Kier alpha value is -1.10. The molecule has 0 aliphatic carbocycles. The van der Waals surface area contributed by atoms with Gasteiger partial charge in [0.05, 0.1) is 5.92 Å². The quantitative estimate of drug-likeness (QED) is 0.576. The standard InChI is InChI=1S/C9H18N2O3/c1-5(2)7(4-10)8(12)11-6(3)9(13)14/h5-7H,4,10H2,1-3H3,(H,11,12)(H,13,14). The second kappa shape index (κ2) is 5.59. The highest BCUT2D eigenvalue weighted by Gasteiger charge is 2.23. The first-order valence-electron chi connectivity index (χ1n) is 4.63. The zero-order chi connectivity index (χ0) is 11.3. The first-order chi connectivity index (χ1) is 6.40. The van der Waals surface area contributed by atoms with Crippen LogP contribution in [0.5, 0.6) is 0 Å². The van der Waals surface area contributed by atoms with Crippen molar-refractivity contribution in [3.05, 3.63) is 0 Å². The van der Waals surface area contributed by atoms with E-state index in [-0.39, 0.29) is 24.3 Å². The molecule has 1 amide bonds. The molecular weight excluding hydrogens is 184 g/mol. The van der Waals surface area contributed by atoms with Crippen LogP contribution in [-0.4, -0.2) is 29.6 Å². The van der Waals surface area contributed by atoms with Gasteiger partial charge < -0.3 is 16.2 Å². The Morgan fingerprint density at radius 1 is 1.36 bits per heavy atom. The predicted molar refractivity (Wildman–Crippen MR) is 52.6 cm³/mol. The van der Waals surface area contributed by atoms with E-state index in [0.29, 0.717) is 0 Å². The van der Waals surface area contributed by atoms with Crippen molar-refractivity contribution in [1.29, 1.82) is 0 Å². The maximum Gasteiger partial charge on any atom is 0.325 e. The lowest BCUT2D eigenvalue weighted by Crippen LogP contribution is -2.45. The van der Waals surface area contributed by atoms with Gasteiger partial charge in [0.25, 0.3) is 0 Å². The van der Waals surface area contributed by atoms with Crippen molar-refractivity contribution in [3.63, 3.8) is 0 Å². The normalized spacial score (nSPS) is 14.9. The highest BCUT2D eigenvalue weighted by atomic mass is 16.4. The van der Waals surface area contributed by atoms with E-state index in [4.69, 9.17) is 10.8 Å². The summed E-state index contributed by atoms with van der Waals surface area (Å²) in [6.07, 6.45) is 0. The smallest absolute Gasteiger partial charge is 0.325 e. The lowest BCUT2D eigenvalue weighted by atomic mass is 9.95. The largest absolute Gasteiger partial charge is 0.480 e. The van der Waals surface area contributed by atoms with Gasteiger partial charge in [-0.2, -0.15) is 0 Å². The molecule has 2 atom stereocenters. The van der Waals surface area contributed by atoms with Crippen molar-refractivity contribution in [1.82, 2.24) is 5.32 Å². The maximum absolute atomic E-state index is 11.5. The van der Waals surface area contributed by atoms with E-state index in [1.165, 1.54) is 6.92 Å². The van der Waals surface area contributed by atoms with Gasteiger partial charge in [-0.05, 0) is 12.8 Å². The zero-order valence-corrected chi connectivity index (χ0v) is 8.78. The van der Waals surface area contributed by atoms with Crippen molar-refractivity contribution in [2.45, 2.75) is 26.8 Å². The number of nitrogens with one attached hydrogen (secondary N) is 1. The van der Waals surface area contributed by atoms with E-state index in [9.17, 15) is 9.59 Å². The number of carboxylic acid groups (broad SMARTS) is 1. The monoisotopic (exact) mass is 202 g/mol. The second-order valence-corrected chi connectivity index (χ2v) is 3.65. The lowest BCUT2D eigenvalue weighted by Gasteiger charge is -2.19. The number of nitrogens with two attached hydrogens (primary N) is 1. The summed E-state index contributed by atoms with van der Waals surface area (Å²) in [6.45, 7) is 5.41. The average molecular weight is 202 g/mol. The van der Waals surface area contributed by atoms with Gasteiger partial charge in [0.2, 0.25) is 5.91 Å². The molecule has 0 saturated heterocycles. The third-order valence-electron chi connectivity index (χ3n) is 2.12. The van der Waals surface area contributed by atoms with E-state index in [1.54, 1.807) is 0 Å². The molecule has 0 radical (unpaired) electrons. The van der Waals surface area contributed by atoms with Crippen molar-refractivity contribution in [2.24, 2.45) is 17.6 Å². The van der Waals surface area contributed by atoms with Crippen LogP contribution in [-0.2, 0) is 9.59 Å². The van der Waals surface area contributed by atoms with Gasteiger partial charge in [-0.1, -0.05) is 13.8 Å². The third kappa shape index (κ3) is 3.74. The molecule has 0 spiro atoms. The molecule has 0 saturated carbocycles. The van der Waals surface area contributed by atoms with Gasteiger partial charge in [0, 0.05) is 6.54 Å². The van der Waals surface area contributed by atoms with Crippen molar-refractivity contribution in [2.75, 3.05) is 6.54 Å². The molecule has 0 aromatic carbocycles. The van der Waals surface area contributed by atoms with Crippen LogP contribution in [0, 0.1) is 11.8 Å². The molecule has 14 heavy (non-hydrogen) atoms. The molecule has 82 valence electrons. The number of carbonyl (C=O) groups is 2. The van der Waals surface area contributed by atoms with Gasteiger partial charge in [0.1, 0.15) is 6.04 Å². The highest BCUT2D eigenvalue weighted by molar-refractivity contribution is 5.84. The number of amides is 1. The number of rotatable bonds is 5. The topological polar surface area (TPSA) is 92.4 Å². The predicted octanol–water partition coefficient (Wildman–Crippen LogP) is -0.193. The highest BCUT2D eigenvalue weighted by Crippen LogP contribution is 2.09. The number of carbonyl (C=O) groups excluding carboxylic acids is 1. The maximum atomic E-state index is 11.5. The van der Waals surface area contributed by atoms with Crippen LogP contribution in [0.25, 0.3) is 0 Å². The Balaban J connectivity index is 4.24. The first-order valence-corrected chi connectivity index (χ1v) is 4.63. The summed E-state index contributed by atoms with van der Waals surface area (Å²) in [7, 11) is 0. The molecule has 0 heterocycles. The molecular formula is C9H18N2O3. The van der Waals surface area contributed by atoms with Crippen molar-refractivity contribution < 1.29 is 14.7 Å². The van der Waals surface area contributed by atoms with Gasteiger partial charge in [-0.15, -0.1) is 0 Å². The first kappa shape index (κ1) is 12.9. The molecule has 0 fully saturated rings. The van der Waals surface area contributed by atoms with Crippen LogP contribution < -0.4 is 11.1 Å². The number of carboxylic acids is 1. The summed E-state index contributed by atoms with van der Waals surface area (Å²) in [6, 6.07) is -0.865. The Labute approximate surface area is 83.7 Å². The Morgan fingerprint density at radius 2 is 1.86 bits per heavy atom. The summed E-state index contributed by atoms with van der Waals surface area (Å²) in [5.41, 5.74) is 5.42. The Morgan fingerprint density at radius 3 is 2.14 bits per heavy atom. The van der Waals surface area contributed by atoms with Gasteiger partial charge in [0.15, 0.2) is 0 Å². The zero-order valence-electron chi connectivity index (χ0n) is 8.78. The van der Waals surface area contributed by atoms with E-state index >= 15 is 0 Å². The molecule has 4 N–H and O–H groups in total. The van der Waals surface area contributed by atoms with Crippen LogP contribution in [0.4, 0.5) is 0 Å². The Bertz CT molecular complexity index is 216. The van der Waals surface area contributed by atoms with Crippen LogP contribution in [0.15, 0.2) is 0 Å². The molecule has 0 aliphatic rings. The summed E-state index contributed by atoms with van der Waals surface area (Å²) >= 11 is 0. The molecule has 0 rings (SSSR count). The summed E-state index contributed by atoms with van der Waals surface area (Å²) in [5.74, 6) is -1.55. The Kier molecular flexibility index (Phi) is 5.15. The fraction of sp³-hybridized carbons (Fsp3) is 0.778. The number of hydrogen-bond acceptors (Lipinski definition) is 3. The molecule has 5 nitrogen and oxygen atoms in total. The van der Waals surface area contributed by atoms with Gasteiger partial charge in [-0.25, -0.2) is 0 Å². The summed E-state index contributed by atoms with van der Waals surface area (Å²) < 4.78 is 0. The third-order valence-corrected chi connectivity index (χ3v) is 2.12. The van der Waals surface area contributed by atoms with Gasteiger partial charge in [-0.3, -0.25) is 9.59 Å². The van der Waals surface area contributed by atoms with Crippen LogP contribution in [0.3, 0.4) is 0 Å². The minimum Gasteiger partial charge on any atom is -0.480 e. The minimum absolute atomic E-state index is 0.112. The number of hydrogen-bond donors (Lipinski definition) is 3. The molecule has 0 aromatic rings. The van der Waals surface area contributed by atoms with E-state index in [2.05, 4.69) is 5.32 Å². The molecule has 5 heteroatoms. The summed E-state index contributed by atoms with van der Waals surface area (Å²) in [4.78, 5) is 21.9. The van der Waals surface area contributed by atoms with Gasteiger partial charge >= 0.3 is 5.97 Å². The minimum atomic E-state index is -1.04. The molecule has 0 bridgehead atoms. The molecule has 0 aliphatic heterocycles. The molecule has 2 unspecified atom stereocenters. The van der Waals surface area contributed by atoms with E-state index in [1.807, 2.05) is 13.8 Å².